The molecule has 0 saturated carbocycles. The molecule has 0 radical (unpaired) electrons. The summed E-state index contributed by atoms with van der Waals surface area (Å²) >= 11 is 0. The van der Waals surface area contributed by atoms with Crippen LogP contribution in [0.3, 0.4) is 0 Å². The van der Waals surface area contributed by atoms with Crippen molar-refractivity contribution in [1.82, 2.24) is 4.98 Å². The Morgan fingerprint density at radius 1 is 1.25 bits per heavy atom. The number of hydrogen-bond donors (Lipinski definition) is 2. The van der Waals surface area contributed by atoms with Crippen LogP contribution < -0.4 is 10.2 Å². The Labute approximate surface area is 117 Å². The predicted octanol–water partition coefficient (Wildman–Crippen LogP) is 2.03. The van der Waals surface area contributed by atoms with Gasteiger partial charge >= 0.3 is 0 Å². The molecule has 5 nitrogen and oxygen atoms in total. The van der Waals surface area contributed by atoms with Crippen molar-refractivity contribution in [2.45, 2.75) is 6.42 Å². The fourth-order valence-electron chi connectivity index (χ4n) is 1.75. The van der Waals surface area contributed by atoms with Gasteiger partial charge in [-0.2, -0.15) is 0 Å². The highest BCUT2D eigenvalue weighted by Crippen LogP contribution is 2.15. The molecular formula is C15H17N3O2. The lowest BCUT2D eigenvalue weighted by Gasteiger charge is -2.13. The number of phenols is 1. The number of nitrogens with zero attached hydrogens (tertiary/aromatic N) is 2. The summed E-state index contributed by atoms with van der Waals surface area (Å²) in [6.45, 7) is 0. The van der Waals surface area contributed by atoms with E-state index in [1.54, 1.807) is 30.5 Å². The highest BCUT2D eigenvalue weighted by molar-refractivity contribution is 5.91. The highest BCUT2D eigenvalue weighted by Gasteiger charge is 2.06. The summed E-state index contributed by atoms with van der Waals surface area (Å²) in [6, 6.07) is 10.3. The molecule has 1 aromatic carbocycles. The highest BCUT2D eigenvalue weighted by atomic mass is 16.3. The smallest absolute Gasteiger partial charge is 0.229 e. The van der Waals surface area contributed by atoms with Crippen molar-refractivity contribution < 1.29 is 9.90 Å². The van der Waals surface area contributed by atoms with Gasteiger partial charge in [0.25, 0.3) is 0 Å². The second kappa shape index (κ2) is 6.06. The summed E-state index contributed by atoms with van der Waals surface area (Å²) in [6.07, 6.45) is 1.90. The third-order valence-corrected chi connectivity index (χ3v) is 2.83. The van der Waals surface area contributed by atoms with Crippen LogP contribution in [0.25, 0.3) is 0 Å². The van der Waals surface area contributed by atoms with Gasteiger partial charge in [-0.05, 0) is 23.8 Å². The van der Waals surface area contributed by atoms with Gasteiger partial charge in [-0.15, -0.1) is 0 Å². The summed E-state index contributed by atoms with van der Waals surface area (Å²) < 4.78 is 0. The lowest BCUT2D eigenvalue weighted by molar-refractivity contribution is -0.115. The van der Waals surface area contributed by atoms with Gasteiger partial charge in [0.1, 0.15) is 11.6 Å². The minimum atomic E-state index is -0.140. The van der Waals surface area contributed by atoms with E-state index in [-0.39, 0.29) is 18.1 Å². The van der Waals surface area contributed by atoms with Gasteiger partial charge in [0.2, 0.25) is 5.91 Å². The largest absolute Gasteiger partial charge is 0.508 e. The van der Waals surface area contributed by atoms with Gasteiger partial charge in [-0.3, -0.25) is 4.79 Å². The monoisotopic (exact) mass is 271 g/mol. The van der Waals surface area contributed by atoms with E-state index in [2.05, 4.69) is 10.3 Å². The fraction of sp³-hybridized carbons (Fsp3) is 0.200. The molecule has 1 heterocycles. The molecule has 0 saturated heterocycles. The maximum Gasteiger partial charge on any atom is 0.229 e. The Morgan fingerprint density at radius 2 is 1.95 bits per heavy atom. The van der Waals surface area contributed by atoms with Crippen LogP contribution in [-0.4, -0.2) is 30.1 Å². The van der Waals surface area contributed by atoms with Crippen LogP contribution in [0.15, 0.2) is 42.6 Å². The zero-order chi connectivity index (χ0) is 14.5. The molecule has 0 unspecified atom stereocenters. The summed E-state index contributed by atoms with van der Waals surface area (Å²) in [5.41, 5.74) is 1.81. The molecule has 0 bridgehead atoms. The number of benzene rings is 1. The van der Waals surface area contributed by atoms with Crippen molar-refractivity contribution in [3.8, 4) is 5.75 Å². The number of hydrogen-bond acceptors (Lipinski definition) is 4. The lowest BCUT2D eigenvalue weighted by atomic mass is 10.1. The number of nitrogens with one attached hydrogen (secondary N) is 1. The second-order valence-corrected chi connectivity index (χ2v) is 4.69. The predicted molar refractivity (Wildman–Crippen MR) is 79.0 cm³/mol. The molecule has 20 heavy (non-hydrogen) atoms. The van der Waals surface area contributed by atoms with E-state index in [9.17, 15) is 9.90 Å². The zero-order valence-electron chi connectivity index (χ0n) is 11.5. The number of amides is 1. The molecule has 2 aromatic rings. The van der Waals surface area contributed by atoms with Crippen molar-refractivity contribution in [3.63, 3.8) is 0 Å². The molecule has 0 aliphatic rings. The van der Waals surface area contributed by atoms with Gasteiger partial charge in [-0.25, -0.2) is 4.98 Å². The number of aromatic hydroxyl groups is 1. The quantitative estimate of drug-likeness (QED) is 0.893. The first-order chi connectivity index (χ1) is 9.54. The first kappa shape index (κ1) is 13.9. The van der Waals surface area contributed by atoms with Crippen LogP contribution in [0.4, 0.5) is 11.5 Å². The SMILES string of the molecule is CN(C)c1ccnc(NC(=O)Cc2ccc(O)cc2)c1. The van der Waals surface area contributed by atoms with Gasteiger partial charge in [0.15, 0.2) is 0 Å². The van der Waals surface area contributed by atoms with E-state index in [1.165, 1.54) is 0 Å². The van der Waals surface area contributed by atoms with Crippen LogP contribution in [0.1, 0.15) is 5.56 Å². The first-order valence-corrected chi connectivity index (χ1v) is 6.26. The molecule has 2 N–H and O–H groups in total. The number of carbonyl (C=O) groups is 1. The molecule has 2 rings (SSSR count). The van der Waals surface area contributed by atoms with Crippen LogP contribution in [0, 0.1) is 0 Å². The average molecular weight is 271 g/mol. The molecule has 0 spiro atoms. The van der Waals surface area contributed by atoms with E-state index in [4.69, 9.17) is 0 Å². The van der Waals surface area contributed by atoms with Crippen molar-refractivity contribution >= 4 is 17.4 Å². The molecule has 1 aromatic heterocycles. The zero-order valence-corrected chi connectivity index (χ0v) is 11.5. The van der Waals surface area contributed by atoms with E-state index in [0.29, 0.717) is 5.82 Å². The summed E-state index contributed by atoms with van der Waals surface area (Å²) in [7, 11) is 3.86. The number of anilines is 2. The molecule has 0 atom stereocenters. The fourth-order valence-corrected chi connectivity index (χ4v) is 1.75. The molecule has 0 aliphatic carbocycles. The number of pyridine rings is 1. The molecule has 5 heteroatoms. The van der Waals surface area contributed by atoms with Gasteiger partial charge in [-0.1, -0.05) is 12.1 Å². The van der Waals surface area contributed by atoms with E-state index in [1.807, 2.05) is 31.1 Å². The number of aromatic nitrogens is 1. The lowest BCUT2D eigenvalue weighted by Crippen LogP contribution is -2.16. The Hall–Kier alpha value is -2.56. The van der Waals surface area contributed by atoms with Gasteiger partial charge in [0.05, 0.1) is 6.42 Å². The van der Waals surface area contributed by atoms with E-state index < -0.39 is 0 Å². The van der Waals surface area contributed by atoms with Crippen LogP contribution in [0.2, 0.25) is 0 Å². The third kappa shape index (κ3) is 3.71. The Morgan fingerprint density at radius 3 is 2.60 bits per heavy atom. The first-order valence-electron chi connectivity index (χ1n) is 6.26. The summed E-state index contributed by atoms with van der Waals surface area (Å²) in [5, 5.41) is 12.0. The van der Waals surface area contributed by atoms with Crippen molar-refractivity contribution in [2.75, 3.05) is 24.3 Å². The summed E-state index contributed by atoms with van der Waals surface area (Å²) in [5.74, 6) is 0.577. The second-order valence-electron chi connectivity index (χ2n) is 4.69. The number of carbonyl (C=O) groups excluding carboxylic acids is 1. The van der Waals surface area contributed by atoms with E-state index >= 15 is 0 Å². The number of rotatable bonds is 4. The average Bonchev–Trinajstić information content (AvgIpc) is 2.41. The third-order valence-electron chi connectivity index (χ3n) is 2.83. The van der Waals surface area contributed by atoms with Crippen molar-refractivity contribution in [2.24, 2.45) is 0 Å². The molecule has 0 aliphatic heterocycles. The maximum absolute atomic E-state index is 11.9. The standard InChI is InChI=1S/C15H17N3O2/c1-18(2)12-7-8-16-14(10-12)17-15(20)9-11-3-5-13(19)6-4-11/h3-8,10,19H,9H2,1-2H3,(H,16,17,20). The molecular weight excluding hydrogens is 254 g/mol. The Balaban J connectivity index is 2.01. The minimum Gasteiger partial charge on any atom is -0.508 e. The maximum atomic E-state index is 11.9. The molecule has 104 valence electrons. The Kier molecular flexibility index (Phi) is 4.20. The van der Waals surface area contributed by atoms with Gasteiger partial charge in [0, 0.05) is 32.0 Å². The Bertz CT molecular complexity index is 594. The molecule has 0 fully saturated rings. The minimum absolute atomic E-state index is 0.140. The van der Waals surface area contributed by atoms with E-state index in [0.717, 1.165) is 11.3 Å². The topological polar surface area (TPSA) is 65.5 Å². The van der Waals surface area contributed by atoms with Crippen molar-refractivity contribution in [3.05, 3.63) is 48.2 Å². The van der Waals surface area contributed by atoms with Crippen LogP contribution in [0.5, 0.6) is 5.75 Å². The summed E-state index contributed by atoms with van der Waals surface area (Å²) in [4.78, 5) is 18.0. The molecule has 1 amide bonds. The van der Waals surface area contributed by atoms with Crippen LogP contribution in [-0.2, 0) is 11.2 Å². The normalized spacial score (nSPS) is 10.1. The number of phenolic OH excluding ortho intramolecular Hbond substituents is 1. The van der Waals surface area contributed by atoms with Gasteiger partial charge < -0.3 is 15.3 Å². The van der Waals surface area contributed by atoms with Crippen molar-refractivity contribution in [1.29, 1.82) is 0 Å². The van der Waals surface area contributed by atoms with Crippen LogP contribution >= 0.6 is 0 Å².